The summed E-state index contributed by atoms with van der Waals surface area (Å²) in [5.41, 5.74) is 0. The molecule has 0 spiro atoms. The third-order valence-electron chi connectivity index (χ3n) is 1.74. The average Bonchev–Trinajstić information content (AvgIpc) is 2.14. The van der Waals surface area contributed by atoms with Crippen LogP contribution < -0.4 is 5.32 Å². The van der Waals surface area contributed by atoms with Gasteiger partial charge in [0.15, 0.2) is 0 Å². The molecule has 4 atom stereocenters. The lowest BCUT2D eigenvalue weighted by Crippen LogP contribution is -2.48. The van der Waals surface area contributed by atoms with Crippen LogP contribution in [0.15, 0.2) is 0 Å². The number of aliphatic hydroxyl groups excluding tert-OH is 5. The summed E-state index contributed by atoms with van der Waals surface area (Å²) in [6.07, 6.45) is -5.65. The van der Waals surface area contributed by atoms with Gasteiger partial charge in [-0.2, -0.15) is 0 Å². The van der Waals surface area contributed by atoms with E-state index in [1.807, 2.05) is 0 Å². The molecule has 0 unspecified atom stereocenters. The van der Waals surface area contributed by atoms with Gasteiger partial charge in [0.2, 0.25) is 0 Å². The zero-order chi connectivity index (χ0) is 10.4. The topological polar surface area (TPSA) is 113 Å². The number of halogens is 1. The molecule has 0 amide bonds. The van der Waals surface area contributed by atoms with Gasteiger partial charge in [-0.05, 0) is 7.05 Å². The molecule has 0 rings (SSSR count). The van der Waals surface area contributed by atoms with Gasteiger partial charge in [-0.25, -0.2) is 0 Å². The van der Waals surface area contributed by atoms with Gasteiger partial charge in [0.25, 0.3) is 0 Å². The van der Waals surface area contributed by atoms with Gasteiger partial charge < -0.3 is 30.8 Å². The second-order valence-corrected chi connectivity index (χ2v) is 2.86. The second kappa shape index (κ2) is 8.37. The Hall–Kier alpha value is 0.0500. The van der Waals surface area contributed by atoms with E-state index in [9.17, 15) is 5.11 Å². The minimum absolute atomic E-state index is 0. The molecule has 0 bridgehead atoms. The molecule has 0 aromatic heterocycles. The fraction of sp³-hybridized carbons (Fsp3) is 1.00. The highest BCUT2D eigenvalue weighted by Crippen LogP contribution is 2.04. The third-order valence-corrected chi connectivity index (χ3v) is 1.74. The van der Waals surface area contributed by atoms with Gasteiger partial charge in [-0.1, -0.05) is 0 Å². The van der Waals surface area contributed by atoms with Crippen molar-refractivity contribution < 1.29 is 25.5 Å². The molecule has 88 valence electrons. The Morgan fingerprint density at radius 3 is 1.79 bits per heavy atom. The number of likely N-dealkylation sites (N-methyl/N-ethyl adjacent to an activating group) is 1. The molecule has 0 aliphatic rings. The molecular formula is C7H18ClNO5. The van der Waals surface area contributed by atoms with Crippen LogP contribution in [-0.4, -0.2) is 70.1 Å². The predicted molar refractivity (Wildman–Crippen MR) is 52.3 cm³/mol. The molecule has 0 radical (unpaired) electrons. The van der Waals surface area contributed by atoms with Crippen LogP contribution in [0.1, 0.15) is 0 Å². The van der Waals surface area contributed by atoms with Gasteiger partial charge in [0, 0.05) is 6.54 Å². The summed E-state index contributed by atoms with van der Waals surface area (Å²) < 4.78 is 0. The number of nitrogens with one attached hydrogen (secondary N) is 1. The highest BCUT2D eigenvalue weighted by molar-refractivity contribution is 5.85. The van der Waals surface area contributed by atoms with Crippen molar-refractivity contribution in [3.8, 4) is 0 Å². The summed E-state index contributed by atoms with van der Waals surface area (Å²) in [6.45, 7) is -0.569. The normalized spacial score (nSPS) is 19.3. The van der Waals surface area contributed by atoms with Crippen LogP contribution in [0.25, 0.3) is 0 Å². The Morgan fingerprint density at radius 2 is 1.43 bits per heavy atom. The van der Waals surface area contributed by atoms with Crippen LogP contribution in [0.5, 0.6) is 0 Å². The van der Waals surface area contributed by atoms with Crippen LogP contribution >= 0.6 is 12.4 Å². The van der Waals surface area contributed by atoms with Crippen LogP contribution in [0, 0.1) is 0 Å². The van der Waals surface area contributed by atoms with E-state index in [0.29, 0.717) is 0 Å². The minimum Gasteiger partial charge on any atom is -0.394 e. The molecule has 14 heavy (non-hydrogen) atoms. The first-order valence-corrected chi connectivity index (χ1v) is 4.02. The lowest BCUT2D eigenvalue weighted by atomic mass is 10.0. The van der Waals surface area contributed by atoms with Crippen LogP contribution in [0.4, 0.5) is 0 Å². The standard InChI is InChI=1S/C7H17NO5.ClH/c1-8-2-4(10)6(12)7(13)5(11)3-9;/h4-13H,2-3H2,1H3;1H/t4-,5-,6-,7-;/m0./s1. The van der Waals surface area contributed by atoms with Crippen molar-refractivity contribution in [3.63, 3.8) is 0 Å². The van der Waals surface area contributed by atoms with E-state index in [0.717, 1.165) is 0 Å². The maximum atomic E-state index is 9.21. The van der Waals surface area contributed by atoms with E-state index in [4.69, 9.17) is 20.4 Å². The van der Waals surface area contributed by atoms with Crippen molar-refractivity contribution in [2.75, 3.05) is 20.2 Å². The minimum atomic E-state index is -1.55. The van der Waals surface area contributed by atoms with E-state index < -0.39 is 31.0 Å². The monoisotopic (exact) mass is 231 g/mol. The predicted octanol–water partition coefficient (Wildman–Crippen LogP) is -2.94. The lowest BCUT2D eigenvalue weighted by Gasteiger charge is -2.25. The van der Waals surface area contributed by atoms with E-state index >= 15 is 0 Å². The van der Waals surface area contributed by atoms with Crippen molar-refractivity contribution in [3.05, 3.63) is 0 Å². The number of hydrogen-bond donors (Lipinski definition) is 6. The number of aliphatic hydroxyl groups is 5. The first kappa shape index (κ1) is 16.5. The molecule has 0 saturated carbocycles. The van der Waals surface area contributed by atoms with Crippen molar-refractivity contribution in [1.82, 2.24) is 5.32 Å². The smallest absolute Gasteiger partial charge is 0.111 e. The highest BCUT2D eigenvalue weighted by Gasteiger charge is 2.29. The van der Waals surface area contributed by atoms with Crippen molar-refractivity contribution in [2.45, 2.75) is 24.4 Å². The van der Waals surface area contributed by atoms with Gasteiger partial charge in [-0.3, -0.25) is 0 Å². The molecule has 0 saturated heterocycles. The molecule has 0 fully saturated rings. The van der Waals surface area contributed by atoms with Crippen LogP contribution in [0.3, 0.4) is 0 Å². The summed E-state index contributed by atoms with van der Waals surface area (Å²) in [4.78, 5) is 0. The second-order valence-electron chi connectivity index (χ2n) is 2.86. The molecule has 0 aliphatic heterocycles. The number of rotatable bonds is 6. The first-order chi connectivity index (χ1) is 6.04. The summed E-state index contributed by atoms with van der Waals surface area (Å²) in [5.74, 6) is 0. The summed E-state index contributed by atoms with van der Waals surface area (Å²) in [6, 6.07) is 0. The maximum Gasteiger partial charge on any atom is 0.111 e. The molecule has 0 aromatic carbocycles. The quantitative estimate of drug-likeness (QED) is 0.292. The Bertz CT molecular complexity index is 139. The maximum absolute atomic E-state index is 9.21. The zero-order valence-corrected chi connectivity index (χ0v) is 8.68. The molecule has 0 heterocycles. The van der Waals surface area contributed by atoms with Crippen molar-refractivity contribution in [2.24, 2.45) is 0 Å². The Kier molecular flexibility index (Phi) is 9.85. The van der Waals surface area contributed by atoms with Gasteiger partial charge in [0.1, 0.15) is 18.3 Å². The highest BCUT2D eigenvalue weighted by atomic mass is 35.5. The van der Waals surface area contributed by atoms with Crippen LogP contribution in [0.2, 0.25) is 0 Å². The molecule has 6 N–H and O–H groups in total. The van der Waals surface area contributed by atoms with E-state index in [1.165, 1.54) is 0 Å². The van der Waals surface area contributed by atoms with Gasteiger partial charge in [-0.15, -0.1) is 12.4 Å². The summed E-state index contributed by atoms with van der Waals surface area (Å²) in [5, 5.41) is 47.5. The Labute approximate surface area is 88.6 Å². The summed E-state index contributed by atoms with van der Waals surface area (Å²) >= 11 is 0. The largest absolute Gasteiger partial charge is 0.394 e. The van der Waals surface area contributed by atoms with E-state index in [2.05, 4.69) is 5.32 Å². The fourth-order valence-electron chi connectivity index (χ4n) is 0.893. The Morgan fingerprint density at radius 1 is 1.00 bits per heavy atom. The molecule has 0 aromatic rings. The Balaban J connectivity index is 0. The fourth-order valence-corrected chi connectivity index (χ4v) is 0.893. The first-order valence-electron chi connectivity index (χ1n) is 4.02. The third kappa shape index (κ3) is 5.06. The SMILES string of the molecule is CNC[C@H](O)[C@H](O)[C@@H](O)[C@@H](O)CO.Cl. The number of hydrogen-bond acceptors (Lipinski definition) is 6. The molecular weight excluding hydrogens is 214 g/mol. The van der Waals surface area contributed by atoms with Crippen molar-refractivity contribution in [1.29, 1.82) is 0 Å². The summed E-state index contributed by atoms with van der Waals surface area (Å²) in [7, 11) is 1.57. The van der Waals surface area contributed by atoms with E-state index in [-0.39, 0.29) is 19.0 Å². The lowest BCUT2D eigenvalue weighted by molar-refractivity contribution is -0.113. The van der Waals surface area contributed by atoms with Gasteiger partial charge >= 0.3 is 0 Å². The zero-order valence-electron chi connectivity index (χ0n) is 7.87. The van der Waals surface area contributed by atoms with E-state index in [1.54, 1.807) is 7.05 Å². The van der Waals surface area contributed by atoms with Crippen LogP contribution in [-0.2, 0) is 0 Å². The van der Waals surface area contributed by atoms with Gasteiger partial charge in [0.05, 0.1) is 12.7 Å². The average molecular weight is 232 g/mol. The molecule has 0 aliphatic carbocycles. The molecule has 6 nitrogen and oxygen atoms in total. The molecule has 7 heteroatoms. The van der Waals surface area contributed by atoms with Crippen molar-refractivity contribution >= 4 is 12.4 Å².